The van der Waals surface area contributed by atoms with E-state index < -0.39 is 12.3 Å². The van der Waals surface area contributed by atoms with Gasteiger partial charge in [-0.3, -0.25) is 0 Å². The van der Waals surface area contributed by atoms with Crippen molar-refractivity contribution in [1.29, 1.82) is 0 Å². The second-order valence-electron chi connectivity index (χ2n) is 6.16. The van der Waals surface area contributed by atoms with Crippen LogP contribution in [0.1, 0.15) is 37.8 Å². The maximum absolute atomic E-state index is 11.8. The minimum atomic E-state index is -1.01. The van der Waals surface area contributed by atoms with Crippen molar-refractivity contribution in [2.45, 2.75) is 33.0 Å². The zero-order valence-electron chi connectivity index (χ0n) is 14.2. The van der Waals surface area contributed by atoms with Gasteiger partial charge in [-0.05, 0) is 36.1 Å². The van der Waals surface area contributed by atoms with Gasteiger partial charge in [-0.25, -0.2) is 4.79 Å². The standard InChI is InChI=1S/C20H22O4/c1-4-22-19(21)20-23-16-11-10-15(12-17(16)24-20)18(13(2)3)14-8-6-5-7-9-14/h5-13,18,20H,4H2,1-3H3/t18-,20+/m0/s1. The van der Waals surface area contributed by atoms with Crippen LogP contribution < -0.4 is 9.47 Å². The Labute approximate surface area is 142 Å². The van der Waals surface area contributed by atoms with Crippen LogP contribution in [0.3, 0.4) is 0 Å². The van der Waals surface area contributed by atoms with Gasteiger partial charge in [-0.15, -0.1) is 0 Å². The van der Waals surface area contributed by atoms with Crippen molar-refractivity contribution in [2.75, 3.05) is 6.61 Å². The molecule has 0 aromatic heterocycles. The van der Waals surface area contributed by atoms with Crippen LogP contribution in [-0.2, 0) is 9.53 Å². The largest absolute Gasteiger partial charge is 0.460 e. The zero-order chi connectivity index (χ0) is 17.1. The molecule has 4 nitrogen and oxygen atoms in total. The topological polar surface area (TPSA) is 44.8 Å². The molecule has 0 spiro atoms. The number of hydrogen-bond acceptors (Lipinski definition) is 4. The van der Waals surface area contributed by atoms with Crippen LogP contribution in [0, 0.1) is 5.92 Å². The molecule has 0 saturated carbocycles. The number of fused-ring (bicyclic) bond motifs is 1. The lowest BCUT2D eigenvalue weighted by atomic mass is 9.82. The van der Waals surface area contributed by atoms with E-state index in [0.717, 1.165) is 5.56 Å². The summed E-state index contributed by atoms with van der Waals surface area (Å²) in [5.74, 6) is 1.34. The first-order valence-electron chi connectivity index (χ1n) is 8.29. The number of benzene rings is 2. The fourth-order valence-electron chi connectivity index (χ4n) is 3.09. The summed E-state index contributed by atoms with van der Waals surface area (Å²) in [6, 6.07) is 16.3. The van der Waals surface area contributed by atoms with Crippen molar-refractivity contribution in [3.8, 4) is 11.5 Å². The minimum Gasteiger partial charge on any atom is -0.460 e. The molecule has 0 unspecified atom stereocenters. The molecular formula is C20H22O4. The molecule has 24 heavy (non-hydrogen) atoms. The highest BCUT2D eigenvalue weighted by Gasteiger charge is 2.33. The van der Waals surface area contributed by atoms with Gasteiger partial charge in [0.2, 0.25) is 0 Å². The van der Waals surface area contributed by atoms with Gasteiger partial charge in [0.25, 0.3) is 0 Å². The molecule has 2 aromatic carbocycles. The zero-order valence-corrected chi connectivity index (χ0v) is 14.2. The molecule has 0 fully saturated rings. The highest BCUT2D eigenvalue weighted by atomic mass is 16.7. The summed E-state index contributed by atoms with van der Waals surface area (Å²) in [5.41, 5.74) is 2.40. The molecule has 1 aliphatic heterocycles. The summed E-state index contributed by atoms with van der Waals surface area (Å²) in [5, 5.41) is 0. The molecule has 126 valence electrons. The molecule has 4 heteroatoms. The van der Waals surface area contributed by atoms with Gasteiger partial charge < -0.3 is 14.2 Å². The normalized spacial score (nSPS) is 16.9. The lowest BCUT2D eigenvalue weighted by Gasteiger charge is -2.22. The van der Waals surface area contributed by atoms with Crippen LogP contribution in [0.4, 0.5) is 0 Å². The molecule has 3 rings (SSSR count). The Morgan fingerprint density at radius 2 is 1.75 bits per heavy atom. The molecule has 0 N–H and O–H groups in total. The smallest absolute Gasteiger partial charge is 0.389 e. The average Bonchev–Trinajstić information content (AvgIpc) is 2.99. The summed E-state index contributed by atoms with van der Waals surface area (Å²) in [4.78, 5) is 11.8. The highest BCUT2D eigenvalue weighted by molar-refractivity contribution is 5.75. The van der Waals surface area contributed by atoms with Crippen LogP contribution in [0.25, 0.3) is 0 Å². The summed E-state index contributed by atoms with van der Waals surface area (Å²) < 4.78 is 16.1. The van der Waals surface area contributed by atoms with Crippen LogP contribution in [-0.4, -0.2) is 18.9 Å². The van der Waals surface area contributed by atoms with Crippen LogP contribution >= 0.6 is 0 Å². The molecule has 0 bridgehead atoms. The Morgan fingerprint density at radius 1 is 1.04 bits per heavy atom. The van der Waals surface area contributed by atoms with E-state index in [1.54, 1.807) is 6.92 Å². The van der Waals surface area contributed by atoms with E-state index in [-0.39, 0.29) is 5.92 Å². The first-order valence-corrected chi connectivity index (χ1v) is 8.29. The van der Waals surface area contributed by atoms with Crippen molar-refractivity contribution < 1.29 is 19.0 Å². The number of esters is 1. The maximum Gasteiger partial charge on any atom is 0.389 e. The number of rotatable bonds is 5. The van der Waals surface area contributed by atoms with Gasteiger partial charge in [-0.1, -0.05) is 50.2 Å². The number of ether oxygens (including phenoxy) is 3. The third kappa shape index (κ3) is 3.23. The molecule has 0 saturated heterocycles. The van der Waals surface area contributed by atoms with Gasteiger partial charge in [0.05, 0.1) is 6.61 Å². The highest BCUT2D eigenvalue weighted by Crippen LogP contribution is 2.40. The Bertz CT molecular complexity index is 709. The molecule has 0 aliphatic carbocycles. The second kappa shape index (κ2) is 6.95. The molecule has 2 atom stereocenters. The Morgan fingerprint density at radius 3 is 2.42 bits per heavy atom. The predicted molar refractivity (Wildman–Crippen MR) is 91.2 cm³/mol. The second-order valence-corrected chi connectivity index (χ2v) is 6.16. The Balaban J connectivity index is 1.87. The van der Waals surface area contributed by atoms with E-state index in [0.29, 0.717) is 24.0 Å². The molecule has 1 aliphatic rings. The third-order valence-corrected chi connectivity index (χ3v) is 4.10. The van der Waals surface area contributed by atoms with E-state index in [9.17, 15) is 4.79 Å². The molecule has 0 radical (unpaired) electrons. The van der Waals surface area contributed by atoms with E-state index in [1.165, 1.54) is 5.56 Å². The van der Waals surface area contributed by atoms with Gasteiger partial charge >= 0.3 is 12.3 Å². The molecule has 1 heterocycles. The third-order valence-electron chi connectivity index (χ3n) is 4.10. The first kappa shape index (κ1) is 16.4. The predicted octanol–water partition coefficient (Wildman–Crippen LogP) is 4.13. The summed E-state index contributed by atoms with van der Waals surface area (Å²) in [6.07, 6.45) is -1.01. The summed E-state index contributed by atoms with van der Waals surface area (Å²) in [6.45, 7) is 6.45. The quantitative estimate of drug-likeness (QED) is 0.775. The van der Waals surface area contributed by atoms with Crippen molar-refractivity contribution in [1.82, 2.24) is 0 Å². The lowest BCUT2D eigenvalue weighted by molar-refractivity contribution is -0.161. The van der Waals surface area contributed by atoms with Gasteiger partial charge in [0.1, 0.15) is 0 Å². The van der Waals surface area contributed by atoms with Crippen molar-refractivity contribution >= 4 is 5.97 Å². The van der Waals surface area contributed by atoms with E-state index in [4.69, 9.17) is 14.2 Å². The van der Waals surface area contributed by atoms with E-state index in [1.807, 2.05) is 24.3 Å². The van der Waals surface area contributed by atoms with Crippen LogP contribution in [0.15, 0.2) is 48.5 Å². The first-order chi connectivity index (χ1) is 11.6. The van der Waals surface area contributed by atoms with Crippen molar-refractivity contribution in [3.05, 3.63) is 59.7 Å². The van der Waals surface area contributed by atoms with Crippen LogP contribution in [0.5, 0.6) is 11.5 Å². The number of carbonyl (C=O) groups is 1. The van der Waals surface area contributed by atoms with Gasteiger partial charge in [0.15, 0.2) is 11.5 Å². The fraction of sp³-hybridized carbons (Fsp3) is 0.350. The maximum atomic E-state index is 11.8. The lowest BCUT2D eigenvalue weighted by Crippen LogP contribution is -2.30. The van der Waals surface area contributed by atoms with Crippen molar-refractivity contribution in [2.24, 2.45) is 5.92 Å². The average molecular weight is 326 g/mol. The SMILES string of the molecule is CCOC(=O)[C@@H]1Oc2ccc([C@H](c3ccccc3)C(C)C)cc2O1. The van der Waals surface area contributed by atoms with Gasteiger partial charge in [-0.2, -0.15) is 0 Å². The van der Waals surface area contributed by atoms with Gasteiger partial charge in [0, 0.05) is 5.92 Å². The fourth-order valence-corrected chi connectivity index (χ4v) is 3.09. The van der Waals surface area contributed by atoms with E-state index >= 15 is 0 Å². The monoisotopic (exact) mass is 326 g/mol. The molecule has 2 aromatic rings. The number of carbonyl (C=O) groups excluding carboxylic acids is 1. The number of hydrogen-bond donors (Lipinski definition) is 0. The van der Waals surface area contributed by atoms with Crippen molar-refractivity contribution in [3.63, 3.8) is 0 Å². The summed E-state index contributed by atoms with van der Waals surface area (Å²) in [7, 11) is 0. The summed E-state index contributed by atoms with van der Waals surface area (Å²) >= 11 is 0. The van der Waals surface area contributed by atoms with E-state index in [2.05, 4.69) is 38.1 Å². The molecular weight excluding hydrogens is 304 g/mol. The van der Waals surface area contributed by atoms with Crippen LogP contribution in [0.2, 0.25) is 0 Å². The minimum absolute atomic E-state index is 0.252. The molecule has 0 amide bonds. The Hall–Kier alpha value is -2.49. The Kier molecular flexibility index (Phi) is 4.74.